The molecule has 0 spiro atoms. The second-order valence-electron chi connectivity index (χ2n) is 6.08. The lowest BCUT2D eigenvalue weighted by atomic mass is 9.72. The van der Waals surface area contributed by atoms with Crippen LogP contribution in [-0.2, 0) is 17.9 Å². The van der Waals surface area contributed by atoms with Crippen molar-refractivity contribution in [2.24, 2.45) is 5.92 Å². The molecule has 1 aliphatic carbocycles. The number of thiophene rings is 1. The summed E-state index contributed by atoms with van der Waals surface area (Å²) in [6, 6.07) is 5.88. The molecule has 3 aliphatic rings. The highest BCUT2D eigenvalue weighted by Gasteiger charge is 2.60. The first-order valence-electron chi connectivity index (χ1n) is 7.33. The third-order valence-corrected chi connectivity index (χ3v) is 5.45. The van der Waals surface area contributed by atoms with Crippen LogP contribution in [0.5, 0.6) is 0 Å². The van der Waals surface area contributed by atoms with Crippen molar-refractivity contribution >= 4 is 17.2 Å². The summed E-state index contributed by atoms with van der Waals surface area (Å²) < 4.78 is 5.28. The Morgan fingerprint density at radius 3 is 3.10 bits per heavy atom. The number of carbonyl (C=O) groups excluding carboxylic acids is 1. The molecule has 2 aromatic heterocycles. The van der Waals surface area contributed by atoms with E-state index in [1.54, 1.807) is 17.6 Å². The molecule has 2 saturated heterocycles. The van der Waals surface area contributed by atoms with Gasteiger partial charge in [-0.3, -0.25) is 9.69 Å². The molecular weight excluding hydrogens is 284 g/mol. The molecule has 1 amide bonds. The van der Waals surface area contributed by atoms with E-state index in [1.165, 1.54) is 5.56 Å². The second-order valence-corrected chi connectivity index (χ2v) is 6.86. The molecule has 4 nitrogen and oxygen atoms in total. The van der Waals surface area contributed by atoms with E-state index in [9.17, 15) is 4.79 Å². The van der Waals surface area contributed by atoms with Crippen molar-refractivity contribution in [1.29, 1.82) is 0 Å². The normalized spacial score (nSPS) is 27.5. The fraction of sp³-hybridized carbons (Fsp3) is 0.438. The van der Waals surface area contributed by atoms with Gasteiger partial charge in [-0.15, -0.1) is 0 Å². The van der Waals surface area contributed by atoms with E-state index >= 15 is 0 Å². The van der Waals surface area contributed by atoms with Crippen LogP contribution in [0.1, 0.15) is 24.2 Å². The molecule has 2 aliphatic heterocycles. The first kappa shape index (κ1) is 13.1. The predicted octanol–water partition coefficient (Wildman–Crippen LogP) is 2.62. The molecule has 0 radical (unpaired) electrons. The van der Waals surface area contributed by atoms with Gasteiger partial charge in [-0.05, 0) is 53.3 Å². The average Bonchev–Trinajstić information content (AvgIpc) is 3.19. The van der Waals surface area contributed by atoms with E-state index < -0.39 is 0 Å². The number of fused-ring (bicyclic) bond motifs is 1. The Kier molecular flexibility index (Phi) is 3.12. The van der Waals surface area contributed by atoms with Gasteiger partial charge in [0.1, 0.15) is 11.3 Å². The van der Waals surface area contributed by atoms with Crippen LogP contribution in [0.3, 0.4) is 0 Å². The van der Waals surface area contributed by atoms with E-state index in [0.29, 0.717) is 12.5 Å². The number of furan rings is 1. The molecule has 0 atom stereocenters. The number of nitrogens with zero attached hydrogens (tertiary/aromatic N) is 1. The van der Waals surface area contributed by atoms with Crippen LogP contribution in [0.4, 0.5) is 0 Å². The Bertz CT molecular complexity index is 615. The minimum absolute atomic E-state index is 0.155. The maximum Gasteiger partial charge on any atom is 0.240 e. The van der Waals surface area contributed by atoms with Crippen molar-refractivity contribution in [1.82, 2.24) is 10.2 Å². The lowest BCUT2D eigenvalue weighted by Gasteiger charge is -2.40. The molecule has 5 heteroatoms. The zero-order valence-corrected chi connectivity index (χ0v) is 12.6. The van der Waals surface area contributed by atoms with Gasteiger partial charge in [-0.25, -0.2) is 0 Å². The number of hydrogen-bond acceptors (Lipinski definition) is 4. The van der Waals surface area contributed by atoms with E-state index in [-0.39, 0.29) is 11.4 Å². The first-order chi connectivity index (χ1) is 10.3. The molecule has 5 rings (SSSR count). The Balaban J connectivity index is 1.43. The zero-order chi connectivity index (χ0) is 14.3. The highest BCUT2D eigenvalue weighted by atomic mass is 32.1. The highest BCUT2D eigenvalue weighted by molar-refractivity contribution is 7.07. The third kappa shape index (κ3) is 2.21. The van der Waals surface area contributed by atoms with Gasteiger partial charge in [0.15, 0.2) is 0 Å². The van der Waals surface area contributed by atoms with Gasteiger partial charge in [0.2, 0.25) is 5.91 Å². The smallest absolute Gasteiger partial charge is 0.240 e. The van der Waals surface area contributed by atoms with E-state index in [4.69, 9.17) is 4.42 Å². The van der Waals surface area contributed by atoms with Gasteiger partial charge < -0.3 is 9.73 Å². The van der Waals surface area contributed by atoms with Gasteiger partial charge in [-0.2, -0.15) is 11.3 Å². The Morgan fingerprint density at radius 1 is 1.48 bits per heavy atom. The Morgan fingerprint density at radius 2 is 2.38 bits per heavy atom. The average molecular weight is 302 g/mol. The van der Waals surface area contributed by atoms with Crippen LogP contribution in [0, 0.1) is 5.92 Å². The summed E-state index contributed by atoms with van der Waals surface area (Å²) in [6.45, 7) is 2.41. The van der Waals surface area contributed by atoms with E-state index in [0.717, 1.165) is 31.7 Å². The predicted molar refractivity (Wildman–Crippen MR) is 80.7 cm³/mol. The summed E-state index contributed by atoms with van der Waals surface area (Å²) >= 11 is 1.71. The lowest BCUT2D eigenvalue weighted by molar-refractivity contribution is -0.135. The number of carbonyl (C=O) groups is 1. The van der Waals surface area contributed by atoms with Gasteiger partial charge in [0, 0.05) is 13.1 Å². The van der Waals surface area contributed by atoms with Crippen molar-refractivity contribution in [2.75, 3.05) is 6.54 Å². The topological polar surface area (TPSA) is 45.5 Å². The molecule has 21 heavy (non-hydrogen) atoms. The summed E-state index contributed by atoms with van der Waals surface area (Å²) in [5, 5.41) is 7.31. The Hall–Kier alpha value is -1.59. The maximum atomic E-state index is 12.6. The number of nitrogens with one attached hydrogen (secondary N) is 1. The molecular formula is C16H18N2O2S. The van der Waals surface area contributed by atoms with E-state index in [2.05, 4.69) is 27.0 Å². The zero-order valence-electron chi connectivity index (χ0n) is 11.7. The molecule has 1 N–H and O–H groups in total. The molecule has 3 fully saturated rings. The molecule has 2 bridgehead atoms. The molecule has 1 saturated carbocycles. The van der Waals surface area contributed by atoms with Crippen LogP contribution < -0.4 is 5.32 Å². The fourth-order valence-electron chi connectivity index (χ4n) is 3.66. The van der Waals surface area contributed by atoms with Gasteiger partial charge in [0.25, 0.3) is 0 Å². The highest BCUT2D eigenvalue weighted by Crippen LogP contribution is 2.51. The van der Waals surface area contributed by atoms with Crippen LogP contribution in [0.2, 0.25) is 0 Å². The molecule has 0 aromatic carbocycles. The van der Waals surface area contributed by atoms with Crippen LogP contribution >= 0.6 is 11.3 Å². The van der Waals surface area contributed by atoms with Gasteiger partial charge >= 0.3 is 0 Å². The number of hydrogen-bond donors (Lipinski definition) is 1. The SMILES string of the molecule is O=C(NCc1ccco1)C12CC(CN1Cc1ccsc1)C2. The van der Waals surface area contributed by atoms with Crippen molar-refractivity contribution in [3.05, 3.63) is 46.5 Å². The molecule has 0 unspecified atom stereocenters. The summed E-state index contributed by atoms with van der Waals surface area (Å²) in [4.78, 5) is 15.0. The first-order valence-corrected chi connectivity index (χ1v) is 8.27. The minimum Gasteiger partial charge on any atom is -0.467 e. The standard InChI is InChI=1S/C16H18N2O2S/c19-15(17-8-14-2-1-4-20-14)16-6-13(7-16)10-18(16)9-12-3-5-21-11-12/h1-5,11,13H,6-10H2,(H,17,19). The van der Waals surface area contributed by atoms with Crippen molar-refractivity contribution in [3.63, 3.8) is 0 Å². The van der Waals surface area contributed by atoms with Gasteiger partial charge in [0.05, 0.1) is 12.8 Å². The van der Waals surface area contributed by atoms with Gasteiger partial charge in [-0.1, -0.05) is 0 Å². The lowest BCUT2D eigenvalue weighted by Crippen LogP contribution is -2.57. The third-order valence-electron chi connectivity index (χ3n) is 4.72. The summed E-state index contributed by atoms with van der Waals surface area (Å²) in [5.41, 5.74) is 1.03. The largest absolute Gasteiger partial charge is 0.467 e. The number of rotatable bonds is 5. The van der Waals surface area contributed by atoms with Crippen LogP contribution in [0.25, 0.3) is 0 Å². The van der Waals surface area contributed by atoms with Crippen molar-refractivity contribution < 1.29 is 9.21 Å². The Labute approximate surface area is 127 Å². The van der Waals surface area contributed by atoms with Crippen molar-refractivity contribution in [2.45, 2.75) is 31.5 Å². The van der Waals surface area contributed by atoms with Crippen LogP contribution in [-0.4, -0.2) is 22.9 Å². The fourth-order valence-corrected chi connectivity index (χ4v) is 4.32. The summed E-state index contributed by atoms with van der Waals surface area (Å²) in [7, 11) is 0. The molecule has 110 valence electrons. The quantitative estimate of drug-likeness (QED) is 0.923. The maximum absolute atomic E-state index is 12.6. The second kappa shape index (κ2) is 5.00. The van der Waals surface area contributed by atoms with Crippen molar-refractivity contribution in [3.8, 4) is 0 Å². The summed E-state index contributed by atoms with van der Waals surface area (Å²) in [6.07, 6.45) is 3.64. The van der Waals surface area contributed by atoms with E-state index in [1.807, 2.05) is 12.1 Å². The minimum atomic E-state index is -0.279. The molecule has 4 heterocycles. The number of amides is 1. The monoisotopic (exact) mass is 302 g/mol. The van der Waals surface area contributed by atoms with Crippen LogP contribution in [0.15, 0.2) is 39.6 Å². The summed E-state index contributed by atoms with van der Waals surface area (Å²) in [5.74, 6) is 1.65. The molecule has 2 aromatic rings.